The molecule has 4 heteroatoms. The second kappa shape index (κ2) is 4.53. The first-order valence-electron chi connectivity index (χ1n) is 4.45. The number of nitrogens with zero attached hydrogens (tertiary/aromatic N) is 1. The molecule has 0 heterocycles. The number of nitrogen functional groups attached to an aromatic ring is 1. The van der Waals surface area contributed by atoms with Crippen molar-refractivity contribution in [3.8, 4) is 0 Å². The molecule has 14 heavy (non-hydrogen) atoms. The summed E-state index contributed by atoms with van der Waals surface area (Å²) in [4.78, 5) is 1.85. The summed E-state index contributed by atoms with van der Waals surface area (Å²) in [6.45, 7) is 2.23. The number of aliphatic hydroxyl groups excluding tert-OH is 1. The van der Waals surface area contributed by atoms with Crippen LogP contribution in [0.1, 0.15) is 6.92 Å². The number of likely N-dealkylation sites (N-methyl/N-ethyl adjacent to an activating group) is 1. The van der Waals surface area contributed by atoms with Crippen LogP contribution in [0, 0.1) is 0 Å². The van der Waals surface area contributed by atoms with E-state index in [1.165, 1.54) is 0 Å². The molecule has 0 bridgehead atoms. The highest BCUT2D eigenvalue weighted by Gasteiger charge is 2.10. The summed E-state index contributed by atoms with van der Waals surface area (Å²) >= 11 is 6.00. The highest BCUT2D eigenvalue weighted by atomic mass is 35.5. The zero-order valence-corrected chi connectivity index (χ0v) is 9.12. The standard InChI is InChI=1S/C10H15ClN2O/c1-7(14)6-13(2)10-8(11)4-3-5-9(10)12/h3-5,7,14H,6,12H2,1-2H3. The van der Waals surface area contributed by atoms with Gasteiger partial charge < -0.3 is 15.7 Å². The molecular formula is C10H15ClN2O. The van der Waals surface area contributed by atoms with Crippen LogP contribution in [0.4, 0.5) is 11.4 Å². The molecule has 0 aliphatic rings. The van der Waals surface area contributed by atoms with Crippen molar-refractivity contribution in [3.63, 3.8) is 0 Å². The van der Waals surface area contributed by atoms with E-state index in [-0.39, 0.29) is 0 Å². The van der Waals surface area contributed by atoms with Crippen LogP contribution in [0.3, 0.4) is 0 Å². The number of para-hydroxylation sites is 1. The Kier molecular flexibility index (Phi) is 3.61. The number of halogens is 1. The molecule has 0 aliphatic heterocycles. The third-order valence-electron chi connectivity index (χ3n) is 1.94. The fourth-order valence-electron chi connectivity index (χ4n) is 1.42. The third kappa shape index (κ3) is 2.53. The van der Waals surface area contributed by atoms with Crippen LogP contribution < -0.4 is 10.6 Å². The average Bonchev–Trinajstić information content (AvgIpc) is 2.01. The molecule has 1 rings (SSSR count). The van der Waals surface area contributed by atoms with Crippen molar-refractivity contribution >= 4 is 23.0 Å². The Morgan fingerprint density at radius 1 is 1.57 bits per heavy atom. The van der Waals surface area contributed by atoms with Crippen LogP contribution in [0.15, 0.2) is 18.2 Å². The molecular weight excluding hydrogens is 200 g/mol. The van der Waals surface area contributed by atoms with E-state index in [0.717, 1.165) is 5.69 Å². The van der Waals surface area contributed by atoms with Gasteiger partial charge in [-0.25, -0.2) is 0 Å². The summed E-state index contributed by atoms with van der Waals surface area (Å²) in [5, 5.41) is 9.85. The van der Waals surface area contributed by atoms with Gasteiger partial charge in [-0.1, -0.05) is 17.7 Å². The fraction of sp³-hybridized carbons (Fsp3) is 0.400. The van der Waals surface area contributed by atoms with Crippen molar-refractivity contribution in [2.24, 2.45) is 0 Å². The van der Waals surface area contributed by atoms with Gasteiger partial charge >= 0.3 is 0 Å². The zero-order chi connectivity index (χ0) is 10.7. The highest BCUT2D eigenvalue weighted by Crippen LogP contribution is 2.30. The number of rotatable bonds is 3. The van der Waals surface area contributed by atoms with Gasteiger partial charge in [-0.3, -0.25) is 0 Å². The van der Waals surface area contributed by atoms with Crippen molar-refractivity contribution in [1.82, 2.24) is 0 Å². The van der Waals surface area contributed by atoms with Gasteiger partial charge in [-0.15, -0.1) is 0 Å². The van der Waals surface area contributed by atoms with Crippen molar-refractivity contribution in [2.45, 2.75) is 13.0 Å². The Bertz CT molecular complexity index is 295. The van der Waals surface area contributed by atoms with Gasteiger partial charge in [0.2, 0.25) is 0 Å². The predicted octanol–water partition coefficient (Wildman–Crippen LogP) is 1.74. The van der Waals surface area contributed by atoms with E-state index in [9.17, 15) is 5.11 Å². The topological polar surface area (TPSA) is 49.5 Å². The summed E-state index contributed by atoms with van der Waals surface area (Å²) in [5.41, 5.74) is 7.19. The quantitative estimate of drug-likeness (QED) is 0.754. The molecule has 1 unspecified atom stereocenters. The molecule has 0 saturated heterocycles. The summed E-state index contributed by atoms with van der Waals surface area (Å²) in [6.07, 6.45) is -0.407. The maximum absolute atomic E-state index is 9.24. The minimum absolute atomic E-state index is 0.407. The number of aliphatic hydroxyl groups is 1. The lowest BCUT2D eigenvalue weighted by atomic mass is 10.2. The minimum atomic E-state index is -0.407. The lowest BCUT2D eigenvalue weighted by molar-refractivity contribution is 0.201. The first-order valence-corrected chi connectivity index (χ1v) is 4.83. The Labute approximate surface area is 89.1 Å². The molecule has 0 radical (unpaired) electrons. The Morgan fingerprint density at radius 3 is 2.71 bits per heavy atom. The largest absolute Gasteiger partial charge is 0.397 e. The predicted molar refractivity (Wildman–Crippen MR) is 60.8 cm³/mol. The van der Waals surface area contributed by atoms with Crippen LogP contribution in [0.5, 0.6) is 0 Å². The molecule has 0 spiro atoms. The summed E-state index contributed by atoms with van der Waals surface area (Å²) in [7, 11) is 1.85. The number of hydrogen-bond donors (Lipinski definition) is 2. The molecule has 0 aromatic heterocycles. The summed E-state index contributed by atoms with van der Waals surface area (Å²) in [6, 6.07) is 5.38. The van der Waals surface area contributed by atoms with Gasteiger partial charge in [0.15, 0.2) is 0 Å². The molecule has 0 amide bonds. The molecule has 3 N–H and O–H groups in total. The van der Waals surface area contributed by atoms with E-state index in [0.29, 0.717) is 17.3 Å². The van der Waals surface area contributed by atoms with Gasteiger partial charge in [0.05, 0.1) is 22.5 Å². The first kappa shape index (κ1) is 11.1. The minimum Gasteiger partial charge on any atom is -0.397 e. The molecule has 0 aliphatic carbocycles. The van der Waals surface area contributed by atoms with Crippen molar-refractivity contribution in [1.29, 1.82) is 0 Å². The van der Waals surface area contributed by atoms with E-state index in [4.69, 9.17) is 17.3 Å². The lowest BCUT2D eigenvalue weighted by Gasteiger charge is -2.23. The second-order valence-electron chi connectivity index (χ2n) is 3.41. The van der Waals surface area contributed by atoms with Crippen molar-refractivity contribution in [2.75, 3.05) is 24.2 Å². The number of anilines is 2. The number of hydrogen-bond acceptors (Lipinski definition) is 3. The SMILES string of the molecule is CC(O)CN(C)c1c(N)cccc1Cl. The molecule has 1 aromatic rings. The molecule has 1 atom stereocenters. The van der Waals surface area contributed by atoms with Gasteiger partial charge in [0.1, 0.15) is 0 Å². The maximum Gasteiger partial charge on any atom is 0.0787 e. The van der Waals surface area contributed by atoms with Crippen molar-refractivity contribution in [3.05, 3.63) is 23.2 Å². The molecule has 0 fully saturated rings. The fourth-order valence-corrected chi connectivity index (χ4v) is 1.75. The van der Waals surface area contributed by atoms with E-state index in [1.54, 1.807) is 25.1 Å². The highest BCUT2D eigenvalue weighted by molar-refractivity contribution is 6.33. The Hall–Kier alpha value is -0.930. The zero-order valence-electron chi connectivity index (χ0n) is 8.37. The normalized spacial score (nSPS) is 12.6. The van der Waals surface area contributed by atoms with Crippen LogP contribution >= 0.6 is 11.6 Å². The van der Waals surface area contributed by atoms with E-state index >= 15 is 0 Å². The molecule has 0 saturated carbocycles. The van der Waals surface area contributed by atoms with E-state index in [1.807, 2.05) is 11.9 Å². The smallest absolute Gasteiger partial charge is 0.0787 e. The third-order valence-corrected chi connectivity index (χ3v) is 2.24. The van der Waals surface area contributed by atoms with Crippen LogP contribution in [0.2, 0.25) is 5.02 Å². The average molecular weight is 215 g/mol. The Balaban J connectivity index is 2.94. The number of nitrogens with two attached hydrogens (primary N) is 1. The summed E-state index contributed by atoms with van der Waals surface area (Å²) < 4.78 is 0. The van der Waals surface area contributed by atoms with E-state index in [2.05, 4.69) is 0 Å². The van der Waals surface area contributed by atoms with E-state index < -0.39 is 6.10 Å². The van der Waals surface area contributed by atoms with Crippen molar-refractivity contribution < 1.29 is 5.11 Å². The van der Waals surface area contributed by atoms with Gasteiger partial charge in [0, 0.05) is 13.6 Å². The second-order valence-corrected chi connectivity index (χ2v) is 3.81. The summed E-state index contributed by atoms with van der Waals surface area (Å²) in [5.74, 6) is 0. The van der Waals surface area contributed by atoms with Gasteiger partial charge in [0.25, 0.3) is 0 Å². The number of benzene rings is 1. The molecule has 1 aromatic carbocycles. The monoisotopic (exact) mass is 214 g/mol. The van der Waals surface area contributed by atoms with Gasteiger partial charge in [-0.2, -0.15) is 0 Å². The van der Waals surface area contributed by atoms with Gasteiger partial charge in [-0.05, 0) is 19.1 Å². The first-order chi connectivity index (χ1) is 6.52. The molecule has 78 valence electrons. The van der Waals surface area contributed by atoms with Crippen LogP contribution in [-0.4, -0.2) is 24.8 Å². The van der Waals surface area contributed by atoms with Crippen LogP contribution in [0.25, 0.3) is 0 Å². The lowest BCUT2D eigenvalue weighted by Crippen LogP contribution is -2.27. The maximum atomic E-state index is 9.24. The molecule has 3 nitrogen and oxygen atoms in total. The van der Waals surface area contributed by atoms with Crippen LogP contribution in [-0.2, 0) is 0 Å². The Morgan fingerprint density at radius 2 is 2.21 bits per heavy atom.